The number of hydrogen-bond donors (Lipinski definition) is 2. The summed E-state index contributed by atoms with van der Waals surface area (Å²) in [4.78, 5) is 4.54. The number of aromatic nitrogens is 3. The van der Waals surface area contributed by atoms with Crippen LogP contribution < -0.4 is 16.0 Å². The fraction of sp³-hybridized carbons (Fsp3) is 0.200. The quantitative estimate of drug-likeness (QED) is 0.569. The summed E-state index contributed by atoms with van der Waals surface area (Å²) < 4.78 is 6.91. The fourth-order valence-electron chi connectivity index (χ4n) is 2.37. The lowest BCUT2D eigenvalue weighted by molar-refractivity contribution is 0.415. The van der Waals surface area contributed by atoms with Gasteiger partial charge in [0, 0.05) is 22.9 Å². The minimum absolute atomic E-state index is 0.709. The molecule has 0 fully saturated rings. The number of nitrogens with zero attached hydrogens (tertiary/aromatic N) is 3. The van der Waals surface area contributed by atoms with Crippen molar-refractivity contribution in [2.75, 3.05) is 12.5 Å². The van der Waals surface area contributed by atoms with Gasteiger partial charge in [0.1, 0.15) is 11.6 Å². The van der Waals surface area contributed by atoms with Gasteiger partial charge in [0.05, 0.1) is 12.8 Å². The van der Waals surface area contributed by atoms with Crippen molar-refractivity contribution >= 4 is 11.5 Å². The molecule has 0 aliphatic rings. The van der Waals surface area contributed by atoms with Gasteiger partial charge in [-0.25, -0.2) is 10.8 Å². The van der Waals surface area contributed by atoms with E-state index in [1.54, 1.807) is 11.6 Å². The zero-order chi connectivity index (χ0) is 15.0. The molecule has 0 amide bonds. The summed E-state index contributed by atoms with van der Waals surface area (Å²) in [5.41, 5.74) is 7.26. The molecule has 6 nitrogen and oxygen atoms in total. The van der Waals surface area contributed by atoms with E-state index in [9.17, 15) is 0 Å². The number of ether oxygens (including phenoxy) is 1. The summed E-state index contributed by atoms with van der Waals surface area (Å²) in [6, 6.07) is 9.66. The van der Waals surface area contributed by atoms with Crippen LogP contribution in [0.5, 0.6) is 5.75 Å². The Balaban J connectivity index is 2.21. The molecule has 0 unspecified atom stereocenters. The van der Waals surface area contributed by atoms with Gasteiger partial charge in [-0.2, -0.15) is 9.61 Å². The highest BCUT2D eigenvalue weighted by Gasteiger charge is 2.14. The summed E-state index contributed by atoms with van der Waals surface area (Å²) in [5.74, 6) is 7.09. The van der Waals surface area contributed by atoms with E-state index in [0.717, 1.165) is 33.9 Å². The average molecular weight is 283 g/mol. The first kappa shape index (κ1) is 13.4. The van der Waals surface area contributed by atoms with Crippen LogP contribution in [0.2, 0.25) is 0 Å². The van der Waals surface area contributed by atoms with Gasteiger partial charge in [0.15, 0.2) is 5.65 Å². The van der Waals surface area contributed by atoms with E-state index in [1.807, 2.05) is 44.2 Å². The van der Waals surface area contributed by atoms with E-state index >= 15 is 0 Å². The molecule has 21 heavy (non-hydrogen) atoms. The maximum absolute atomic E-state index is 5.57. The summed E-state index contributed by atoms with van der Waals surface area (Å²) >= 11 is 0. The SMILES string of the molecule is COc1ccc(-c2nn3c(NN)cc(C)nc3c2C)cc1. The number of aryl methyl sites for hydroxylation is 2. The normalized spacial score (nSPS) is 10.9. The Labute approximate surface area is 122 Å². The van der Waals surface area contributed by atoms with Crippen molar-refractivity contribution in [3.8, 4) is 17.0 Å². The highest BCUT2D eigenvalue weighted by Crippen LogP contribution is 2.27. The van der Waals surface area contributed by atoms with Crippen molar-refractivity contribution in [2.24, 2.45) is 5.84 Å². The number of nitrogen functional groups attached to an aromatic ring is 1. The van der Waals surface area contributed by atoms with Crippen LogP contribution in [0.1, 0.15) is 11.3 Å². The van der Waals surface area contributed by atoms with Gasteiger partial charge in [0.25, 0.3) is 0 Å². The zero-order valence-corrected chi connectivity index (χ0v) is 12.2. The van der Waals surface area contributed by atoms with Crippen molar-refractivity contribution in [1.82, 2.24) is 14.6 Å². The van der Waals surface area contributed by atoms with Crippen molar-refractivity contribution in [2.45, 2.75) is 13.8 Å². The number of anilines is 1. The van der Waals surface area contributed by atoms with Crippen LogP contribution in [0.25, 0.3) is 16.9 Å². The lowest BCUT2D eigenvalue weighted by Gasteiger charge is -2.04. The third kappa shape index (κ3) is 2.19. The Bertz CT molecular complexity index is 792. The van der Waals surface area contributed by atoms with Crippen LogP contribution in [0, 0.1) is 13.8 Å². The molecule has 1 aromatic carbocycles. The molecule has 0 spiro atoms. The van der Waals surface area contributed by atoms with E-state index in [4.69, 9.17) is 10.6 Å². The molecule has 2 aromatic heterocycles. The molecule has 0 saturated carbocycles. The Kier molecular flexibility index (Phi) is 3.23. The van der Waals surface area contributed by atoms with Gasteiger partial charge in [-0.3, -0.25) is 0 Å². The Morgan fingerprint density at radius 1 is 1.19 bits per heavy atom. The molecule has 0 bridgehead atoms. The number of hydrazine groups is 1. The number of hydrogen-bond acceptors (Lipinski definition) is 5. The smallest absolute Gasteiger partial charge is 0.161 e. The van der Waals surface area contributed by atoms with E-state index in [1.165, 1.54) is 0 Å². The van der Waals surface area contributed by atoms with Crippen LogP contribution in [-0.4, -0.2) is 21.7 Å². The number of rotatable bonds is 3. The molecular formula is C15H17N5O. The lowest BCUT2D eigenvalue weighted by atomic mass is 10.1. The number of nitrogens with two attached hydrogens (primary N) is 1. The van der Waals surface area contributed by atoms with Gasteiger partial charge >= 0.3 is 0 Å². The molecule has 108 valence electrons. The Hall–Kier alpha value is -2.60. The first-order valence-corrected chi connectivity index (χ1v) is 6.62. The third-order valence-electron chi connectivity index (χ3n) is 3.46. The standard InChI is InChI=1S/C15H17N5O/c1-9-8-13(18-16)20-15(17-9)10(2)14(19-20)11-4-6-12(21-3)7-5-11/h4-8,18H,16H2,1-3H3. The molecule has 3 aromatic rings. The predicted octanol–water partition coefficient (Wildman–Crippen LogP) is 2.31. The molecule has 0 aliphatic heterocycles. The van der Waals surface area contributed by atoms with Crippen molar-refractivity contribution in [3.63, 3.8) is 0 Å². The van der Waals surface area contributed by atoms with Crippen LogP contribution in [0.3, 0.4) is 0 Å². The summed E-state index contributed by atoms with van der Waals surface area (Å²) in [5, 5.41) is 4.62. The highest BCUT2D eigenvalue weighted by molar-refractivity contribution is 5.72. The van der Waals surface area contributed by atoms with Gasteiger partial charge in [0.2, 0.25) is 0 Å². The number of nitrogens with one attached hydrogen (secondary N) is 1. The number of fused-ring (bicyclic) bond motifs is 1. The monoisotopic (exact) mass is 283 g/mol. The first-order chi connectivity index (χ1) is 10.1. The molecule has 0 aliphatic carbocycles. The van der Waals surface area contributed by atoms with E-state index < -0.39 is 0 Å². The lowest BCUT2D eigenvalue weighted by Crippen LogP contribution is -2.12. The molecule has 0 saturated heterocycles. The van der Waals surface area contributed by atoms with Crippen molar-refractivity contribution in [3.05, 3.63) is 41.6 Å². The minimum Gasteiger partial charge on any atom is -0.497 e. The average Bonchev–Trinajstić information content (AvgIpc) is 2.84. The molecule has 2 heterocycles. The number of methoxy groups -OCH3 is 1. The van der Waals surface area contributed by atoms with Crippen LogP contribution in [-0.2, 0) is 0 Å². The van der Waals surface area contributed by atoms with Crippen molar-refractivity contribution < 1.29 is 4.74 Å². The van der Waals surface area contributed by atoms with Gasteiger partial charge in [-0.05, 0) is 38.1 Å². The maximum Gasteiger partial charge on any atom is 0.161 e. The third-order valence-corrected chi connectivity index (χ3v) is 3.46. The summed E-state index contributed by atoms with van der Waals surface area (Å²) in [7, 11) is 1.65. The van der Waals surface area contributed by atoms with Crippen LogP contribution in [0.4, 0.5) is 5.82 Å². The maximum atomic E-state index is 5.57. The molecule has 6 heteroatoms. The molecule has 3 N–H and O–H groups in total. The van der Waals surface area contributed by atoms with Crippen LogP contribution in [0.15, 0.2) is 30.3 Å². The number of benzene rings is 1. The molecule has 0 radical (unpaired) electrons. The Morgan fingerprint density at radius 2 is 1.90 bits per heavy atom. The first-order valence-electron chi connectivity index (χ1n) is 6.62. The Morgan fingerprint density at radius 3 is 2.52 bits per heavy atom. The van der Waals surface area contributed by atoms with E-state index in [-0.39, 0.29) is 0 Å². The van der Waals surface area contributed by atoms with E-state index in [2.05, 4.69) is 15.5 Å². The zero-order valence-electron chi connectivity index (χ0n) is 12.2. The largest absolute Gasteiger partial charge is 0.497 e. The topological polar surface area (TPSA) is 77.5 Å². The molecular weight excluding hydrogens is 266 g/mol. The van der Waals surface area contributed by atoms with E-state index in [0.29, 0.717) is 5.82 Å². The summed E-state index contributed by atoms with van der Waals surface area (Å²) in [6.45, 7) is 3.94. The van der Waals surface area contributed by atoms with Crippen molar-refractivity contribution in [1.29, 1.82) is 0 Å². The molecule has 0 atom stereocenters. The molecule has 3 rings (SSSR count). The van der Waals surface area contributed by atoms with Crippen LogP contribution >= 0.6 is 0 Å². The van der Waals surface area contributed by atoms with Gasteiger partial charge in [-0.1, -0.05) is 0 Å². The minimum atomic E-state index is 0.709. The predicted molar refractivity (Wildman–Crippen MR) is 82.3 cm³/mol. The second-order valence-corrected chi connectivity index (χ2v) is 4.86. The summed E-state index contributed by atoms with van der Waals surface area (Å²) in [6.07, 6.45) is 0. The van der Waals surface area contributed by atoms with Gasteiger partial charge < -0.3 is 10.2 Å². The highest BCUT2D eigenvalue weighted by atomic mass is 16.5. The van der Waals surface area contributed by atoms with Gasteiger partial charge in [-0.15, -0.1) is 0 Å². The fourth-order valence-corrected chi connectivity index (χ4v) is 2.37. The second kappa shape index (κ2) is 5.06. The second-order valence-electron chi connectivity index (χ2n) is 4.86.